The first-order valence-corrected chi connectivity index (χ1v) is 10.8. The molecule has 30 heavy (non-hydrogen) atoms. The molecular formula is C20H15BrN4O4S. The monoisotopic (exact) mass is 486 g/mol. The summed E-state index contributed by atoms with van der Waals surface area (Å²) in [5, 5.41) is 19.0. The number of pyridine rings is 1. The number of hydrogen-bond acceptors (Lipinski definition) is 6. The van der Waals surface area contributed by atoms with Crippen LogP contribution >= 0.6 is 15.9 Å². The van der Waals surface area contributed by atoms with Gasteiger partial charge in [-0.3, -0.25) is 19.5 Å². The predicted octanol–water partition coefficient (Wildman–Crippen LogP) is 3.57. The second-order valence-electron chi connectivity index (χ2n) is 6.19. The minimum atomic E-state index is -3.77. The van der Waals surface area contributed by atoms with Crippen molar-refractivity contribution in [1.82, 2.24) is 4.98 Å². The van der Waals surface area contributed by atoms with Crippen molar-refractivity contribution < 1.29 is 13.5 Å². The Hall–Kier alpha value is -3.42. The molecule has 0 aliphatic heterocycles. The van der Waals surface area contributed by atoms with E-state index in [0.717, 1.165) is 4.47 Å². The van der Waals surface area contributed by atoms with Crippen molar-refractivity contribution >= 4 is 43.5 Å². The van der Waals surface area contributed by atoms with Gasteiger partial charge in [0.1, 0.15) is 11.6 Å². The van der Waals surface area contributed by atoms with Crippen LogP contribution < -0.4 is 10.3 Å². The number of rotatable bonds is 5. The molecule has 0 bridgehead atoms. The summed E-state index contributed by atoms with van der Waals surface area (Å²) >= 11 is 3.29. The van der Waals surface area contributed by atoms with E-state index in [1.54, 1.807) is 30.3 Å². The van der Waals surface area contributed by atoms with Crippen LogP contribution in [0.15, 0.2) is 67.7 Å². The summed E-state index contributed by atoms with van der Waals surface area (Å²) < 4.78 is 28.3. The molecule has 2 aromatic carbocycles. The summed E-state index contributed by atoms with van der Waals surface area (Å²) in [5.41, 5.74) is 0.533. The Kier molecular flexibility index (Phi) is 6.05. The maximum absolute atomic E-state index is 12.5. The minimum absolute atomic E-state index is 0.0548. The lowest BCUT2D eigenvalue weighted by Gasteiger charge is -2.08. The van der Waals surface area contributed by atoms with E-state index < -0.39 is 21.5 Å². The SMILES string of the molecule is Cc1c(C=Nc2ccc(S(=O)(=O)Nc3ccc(Br)cc3)cc2)c(O)[nH]c(=O)c1C#N. The van der Waals surface area contributed by atoms with Gasteiger partial charge in [-0.05, 0) is 61.0 Å². The molecule has 8 nitrogen and oxygen atoms in total. The van der Waals surface area contributed by atoms with Crippen molar-refractivity contribution in [3.8, 4) is 11.9 Å². The average Bonchev–Trinajstić information content (AvgIpc) is 2.70. The molecule has 0 aliphatic carbocycles. The average molecular weight is 487 g/mol. The van der Waals surface area contributed by atoms with Crippen LogP contribution in [0.2, 0.25) is 0 Å². The van der Waals surface area contributed by atoms with Crippen LogP contribution in [0.3, 0.4) is 0 Å². The molecular weight excluding hydrogens is 472 g/mol. The fourth-order valence-electron chi connectivity index (χ4n) is 2.59. The Bertz CT molecular complexity index is 1320. The summed E-state index contributed by atoms with van der Waals surface area (Å²) in [6.07, 6.45) is 1.30. The van der Waals surface area contributed by atoms with E-state index >= 15 is 0 Å². The molecule has 0 fully saturated rings. The Balaban J connectivity index is 1.84. The number of nitrogens with zero attached hydrogens (tertiary/aromatic N) is 2. The maximum Gasteiger partial charge on any atom is 0.268 e. The fraction of sp³-hybridized carbons (Fsp3) is 0.0500. The summed E-state index contributed by atoms with van der Waals surface area (Å²) in [4.78, 5) is 18.1. The number of halogens is 1. The van der Waals surface area contributed by atoms with Crippen LogP contribution in [0, 0.1) is 18.3 Å². The first kappa shape index (κ1) is 21.3. The lowest BCUT2D eigenvalue weighted by atomic mass is 10.1. The molecule has 0 radical (unpaired) electrons. The van der Waals surface area contributed by atoms with Crippen molar-refractivity contribution in [2.75, 3.05) is 4.72 Å². The molecule has 152 valence electrons. The van der Waals surface area contributed by atoms with Crippen LogP contribution in [-0.2, 0) is 10.0 Å². The van der Waals surface area contributed by atoms with Crippen molar-refractivity contribution in [1.29, 1.82) is 5.26 Å². The highest BCUT2D eigenvalue weighted by Gasteiger charge is 2.15. The first-order chi connectivity index (χ1) is 14.2. The Labute approximate surface area is 180 Å². The molecule has 1 heterocycles. The standard InChI is InChI=1S/C20H15BrN4O4S/c1-12-17(10-22)19(26)24-20(27)18(12)11-23-14-6-8-16(9-7-14)30(28,29)25-15-4-2-13(21)3-5-15/h2-9,11,25H,1H3,(H2,24,26,27). The van der Waals surface area contributed by atoms with Gasteiger partial charge in [0.2, 0.25) is 5.88 Å². The highest BCUT2D eigenvalue weighted by Crippen LogP contribution is 2.22. The highest BCUT2D eigenvalue weighted by molar-refractivity contribution is 9.10. The van der Waals surface area contributed by atoms with E-state index in [9.17, 15) is 18.3 Å². The molecule has 10 heteroatoms. The number of aromatic hydroxyl groups is 1. The number of hydrogen-bond donors (Lipinski definition) is 3. The van der Waals surface area contributed by atoms with E-state index in [-0.39, 0.29) is 16.0 Å². The normalized spacial score (nSPS) is 11.4. The highest BCUT2D eigenvalue weighted by atomic mass is 79.9. The second kappa shape index (κ2) is 8.52. The third kappa shape index (κ3) is 4.59. The zero-order chi connectivity index (χ0) is 21.9. The molecule has 3 rings (SSSR count). The van der Waals surface area contributed by atoms with Crippen LogP contribution in [0.25, 0.3) is 0 Å². The third-order valence-electron chi connectivity index (χ3n) is 4.19. The van der Waals surface area contributed by atoms with Gasteiger partial charge in [-0.25, -0.2) is 8.42 Å². The van der Waals surface area contributed by atoms with Gasteiger partial charge in [0, 0.05) is 16.4 Å². The van der Waals surface area contributed by atoms with Crippen LogP contribution in [-0.4, -0.2) is 24.7 Å². The Morgan fingerprint density at radius 1 is 1.17 bits per heavy atom. The van der Waals surface area contributed by atoms with E-state index in [2.05, 4.69) is 30.6 Å². The first-order valence-electron chi connectivity index (χ1n) is 8.50. The molecule has 0 amide bonds. The molecule has 0 saturated carbocycles. The number of anilines is 1. The summed E-state index contributed by atoms with van der Waals surface area (Å²) in [6, 6.07) is 14.3. The number of sulfonamides is 1. The fourth-order valence-corrected chi connectivity index (χ4v) is 3.92. The number of nitrogens with one attached hydrogen (secondary N) is 2. The lowest BCUT2D eigenvalue weighted by Crippen LogP contribution is -2.14. The molecule has 0 atom stereocenters. The number of aromatic nitrogens is 1. The zero-order valence-electron chi connectivity index (χ0n) is 15.5. The van der Waals surface area contributed by atoms with E-state index in [4.69, 9.17) is 5.26 Å². The van der Waals surface area contributed by atoms with Crippen LogP contribution in [0.1, 0.15) is 16.7 Å². The van der Waals surface area contributed by atoms with Crippen molar-refractivity contribution in [3.05, 3.63) is 80.0 Å². The lowest BCUT2D eigenvalue weighted by molar-refractivity contribution is 0.450. The third-order valence-corrected chi connectivity index (χ3v) is 6.12. The Morgan fingerprint density at radius 3 is 2.40 bits per heavy atom. The van der Waals surface area contributed by atoms with Gasteiger partial charge in [-0.1, -0.05) is 15.9 Å². The van der Waals surface area contributed by atoms with Crippen LogP contribution in [0.5, 0.6) is 5.88 Å². The van der Waals surface area contributed by atoms with Gasteiger partial charge < -0.3 is 5.11 Å². The topological polar surface area (TPSA) is 135 Å². The second-order valence-corrected chi connectivity index (χ2v) is 8.79. The Morgan fingerprint density at radius 2 is 1.80 bits per heavy atom. The molecule has 3 aromatic rings. The van der Waals surface area contributed by atoms with Gasteiger partial charge in [0.25, 0.3) is 15.6 Å². The van der Waals surface area contributed by atoms with E-state index in [1.807, 2.05) is 0 Å². The van der Waals surface area contributed by atoms with E-state index in [1.165, 1.54) is 37.4 Å². The molecule has 3 N–H and O–H groups in total. The van der Waals surface area contributed by atoms with Crippen molar-refractivity contribution in [3.63, 3.8) is 0 Å². The summed E-state index contributed by atoms with van der Waals surface area (Å²) in [5.74, 6) is -0.404. The van der Waals surface area contributed by atoms with Gasteiger partial charge in [0.15, 0.2) is 0 Å². The smallest absolute Gasteiger partial charge is 0.268 e. The molecule has 0 unspecified atom stereocenters. The largest absolute Gasteiger partial charge is 0.494 e. The van der Waals surface area contributed by atoms with Crippen molar-refractivity contribution in [2.45, 2.75) is 11.8 Å². The number of aromatic amines is 1. The van der Waals surface area contributed by atoms with Crippen molar-refractivity contribution in [2.24, 2.45) is 4.99 Å². The number of nitriles is 1. The zero-order valence-corrected chi connectivity index (χ0v) is 18.0. The number of H-pyrrole nitrogens is 1. The van der Waals surface area contributed by atoms with Gasteiger partial charge in [-0.15, -0.1) is 0 Å². The maximum atomic E-state index is 12.5. The molecule has 0 saturated heterocycles. The quantitative estimate of drug-likeness (QED) is 0.473. The summed E-state index contributed by atoms with van der Waals surface area (Å²) in [7, 11) is -3.77. The molecule has 0 aliphatic rings. The van der Waals surface area contributed by atoms with E-state index in [0.29, 0.717) is 16.9 Å². The van der Waals surface area contributed by atoms with Gasteiger partial charge in [0.05, 0.1) is 16.1 Å². The molecule has 0 spiro atoms. The summed E-state index contributed by atoms with van der Waals surface area (Å²) in [6.45, 7) is 1.53. The number of aliphatic imine (C=N–C) groups is 1. The molecule has 1 aromatic heterocycles. The van der Waals surface area contributed by atoms with Gasteiger partial charge in [-0.2, -0.15) is 5.26 Å². The van der Waals surface area contributed by atoms with Crippen LogP contribution in [0.4, 0.5) is 11.4 Å². The number of benzene rings is 2. The minimum Gasteiger partial charge on any atom is -0.494 e. The van der Waals surface area contributed by atoms with Gasteiger partial charge >= 0.3 is 0 Å². The predicted molar refractivity (Wildman–Crippen MR) is 117 cm³/mol.